The van der Waals surface area contributed by atoms with E-state index >= 15 is 0 Å². The Morgan fingerprint density at radius 2 is 1.89 bits per heavy atom. The van der Waals surface area contributed by atoms with Crippen LogP contribution in [0.15, 0.2) is 24.3 Å². The van der Waals surface area contributed by atoms with Crippen molar-refractivity contribution in [3.8, 4) is 0 Å². The number of hydrogen-bond acceptors (Lipinski definition) is 2. The number of benzene rings is 1. The molecule has 0 aliphatic carbocycles. The lowest BCUT2D eigenvalue weighted by Crippen LogP contribution is -2.14. The third-order valence-corrected chi connectivity index (χ3v) is 3.82. The summed E-state index contributed by atoms with van der Waals surface area (Å²) in [5, 5.41) is 0. The van der Waals surface area contributed by atoms with Crippen molar-refractivity contribution in [3.05, 3.63) is 35.4 Å². The van der Waals surface area contributed by atoms with E-state index in [4.69, 9.17) is 21.1 Å². The fraction of sp³-hybridized carbons (Fsp3) is 0.625. The lowest BCUT2D eigenvalue weighted by molar-refractivity contribution is -0.0582. The summed E-state index contributed by atoms with van der Waals surface area (Å²) in [7, 11) is 0. The van der Waals surface area contributed by atoms with Crippen LogP contribution < -0.4 is 0 Å². The zero-order valence-corrected chi connectivity index (χ0v) is 12.7. The van der Waals surface area contributed by atoms with Crippen LogP contribution in [-0.2, 0) is 21.3 Å². The quantitative estimate of drug-likeness (QED) is 0.780. The Labute approximate surface area is 121 Å². The second kappa shape index (κ2) is 6.25. The number of alkyl halides is 1. The Morgan fingerprint density at radius 3 is 2.42 bits per heavy atom. The highest BCUT2D eigenvalue weighted by Gasteiger charge is 2.24. The van der Waals surface area contributed by atoms with E-state index in [1.807, 2.05) is 0 Å². The van der Waals surface area contributed by atoms with Crippen molar-refractivity contribution in [1.82, 2.24) is 0 Å². The number of ether oxygens (including phenoxy) is 2. The van der Waals surface area contributed by atoms with Crippen LogP contribution >= 0.6 is 11.6 Å². The lowest BCUT2D eigenvalue weighted by Gasteiger charge is -2.19. The molecule has 1 aromatic carbocycles. The maximum atomic E-state index is 5.75. The van der Waals surface area contributed by atoms with Gasteiger partial charge in [0.25, 0.3) is 0 Å². The van der Waals surface area contributed by atoms with Gasteiger partial charge >= 0.3 is 0 Å². The summed E-state index contributed by atoms with van der Waals surface area (Å²) in [5.41, 5.74) is 2.91. The molecule has 19 heavy (non-hydrogen) atoms. The SMILES string of the molecule is CC(C)(C)c1ccc(CC[C@@H]2OC[C@@H](CCl)O2)cc1. The molecule has 2 rings (SSSR count). The normalized spacial score (nSPS) is 23.8. The molecule has 1 aromatic rings. The first kappa shape index (κ1) is 14.8. The highest BCUT2D eigenvalue weighted by molar-refractivity contribution is 6.18. The summed E-state index contributed by atoms with van der Waals surface area (Å²) < 4.78 is 11.2. The molecule has 0 aromatic heterocycles. The molecule has 0 saturated carbocycles. The van der Waals surface area contributed by atoms with Crippen molar-refractivity contribution in [2.75, 3.05) is 12.5 Å². The first-order chi connectivity index (χ1) is 8.99. The first-order valence-corrected chi connectivity index (χ1v) is 7.45. The average Bonchev–Trinajstić information content (AvgIpc) is 2.84. The fourth-order valence-corrected chi connectivity index (χ4v) is 2.36. The molecule has 2 atom stereocenters. The third kappa shape index (κ3) is 4.20. The van der Waals surface area contributed by atoms with Crippen LogP contribution in [0.1, 0.15) is 38.3 Å². The minimum Gasteiger partial charge on any atom is -0.350 e. The van der Waals surface area contributed by atoms with E-state index in [1.54, 1.807) is 0 Å². The van der Waals surface area contributed by atoms with Crippen molar-refractivity contribution in [3.63, 3.8) is 0 Å². The van der Waals surface area contributed by atoms with Crippen molar-refractivity contribution in [2.45, 2.75) is 51.4 Å². The van der Waals surface area contributed by atoms with Gasteiger partial charge in [0.05, 0.1) is 18.6 Å². The molecule has 3 heteroatoms. The van der Waals surface area contributed by atoms with Crippen molar-refractivity contribution >= 4 is 11.6 Å². The fourth-order valence-electron chi connectivity index (χ4n) is 2.20. The smallest absolute Gasteiger partial charge is 0.158 e. The summed E-state index contributed by atoms with van der Waals surface area (Å²) in [6.45, 7) is 7.31. The molecule has 1 aliphatic rings. The Hall–Kier alpha value is -0.570. The zero-order valence-electron chi connectivity index (χ0n) is 12.0. The van der Waals surface area contributed by atoms with Crippen LogP contribution in [0.2, 0.25) is 0 Å². The highest BCUT2D eigenvalue weighted by atomic mass is 35.5. The Morgan fingerprint density at radius 1 is 1.21 bits per heavy atom. The van der Waals surface area contributed by atoms with Crippen LogP contribution in [0, 0.1) is 0 Å². The molecule has 0 spiro atoms. The van der Waals surface area contributed by atoms with Crippen molar-refractivity contribution < 1.29 is 9.47 Å². The van der Waals surface area contributed by atoms with E-state index in [9.17, 15) is 0 Å². The van der Waals surface area contributed by atoms with E-state index in [2.05, 4.69) is 45.0 Å². The minimum absolute atomic E-state index is 0.0648. The second-order valence-electron chi connectivity index (χ2n) is 6.16. The van der Waals surface area contributed by atoms with Gasteiger partial charge in [-0.05, 0) is 23.0 Å². The summed E-state index contributed by atoms with van der Waals surface area (Å²) in [5.74, 6) is 0.511. The van der Waals surface area contributed by atoms with Gasteiger partial charge in [0, 0.05) is 6.42 Å². The van der Waals surface area contributed by atoms with Gasteiger partial charge in [-0.2, -0.15) is 0 Å². The molecular weight excluding hydrogens is 260 g/mol. The predicted octanol–water partition coefficient (Wildman–Crippen LogP) is 3.90. The second-order valence-corrected chi connectivity index (χ2v) is 6.47. The van der Waals surface area contributed by atoms with Crippen LogP contribution in [0.25, 0.3) is 0 Å². The maximum Gasteiger partial charge on any atom is 0.158 e. The number of rotatable bonds is 4. The molecule has 1 heterocycles. The Kier molecular flexibility index (Phi) is 4.88. The predicted molar refractivity (Wildman–Crippen MR) is 78.8 cm³/mol. The molecule has 1 saturated heterocycles. The van der Waals surface area contributed by atoms with Gasteiger partial charge < -0.3 is 9.47 Å². The molecule has 1 aliphatic heterocycles. The van der Waals surface area contributed by atoms with Crippen LogP contribution in [0.5, 0.6) is 0 Å². The summed E-state index contributed by atoms with van der Waals surface area (Å²) >= 11 is 5.75. The molecule has 0 bridgehead atoms. The standard InChI is InChI=1S/C16H23ClO2/c1-16(2,3)13-7-4-12(5-8-13)6-9-15-18-11-14(10-17)19-15/h4-5,7-8,14-15H,6,9-11H2,1-3H3/t14-,15-/m1/s1. The van der Waals surface area contributed by atoms with Crippen LogP contribution in [0.3, 0.4) is 0 Å². The van der Waals surface area contributed by atoms with Gasteiger partial charge in [-0.25, -0.2) is 0 Å². The molecule has 0 N–H and O–H groups in total. The molecular formula is C16H23ClO2. The van der Waals surface area contributed by atoms with Gasteiger partial charge in [0.15, 0.2) is 6.29 Å². The Balaban J connectivity index is 1.84. The van der Waals surface area contributed by atoms with Crippen molar-refractivity contribution in [2.24, 2.45) is 0 Å². The van der Waals surface area contributed by atoms with E-state index in [0.29, 0.717) is 12.5 Å². The van der Waals surface area contributed by atoms with E-state index < -0.39 is 0 Å². The van der Waals surface area contributed by atoms with Gasteiger partial charge in [0.1, 0.15) is 0 Å². The number of hydrogen-bond donors (Lipinski definition) is 0. The highest BCUT2D eigenvalue weighted by Crippen LogP contribution is 2.23. The topological polar surface area (TPSA) is 18.5 Å². The summed E-state index contributed by atoms with van der Waals surface area (Å²) in [6, 6.07) is 8.84. The largest absolute Gasteiger partial charge is 0.350 e. The first-order valence-electron chi connectivity index (χ1n) is 6.91. The van der Waals surface area contributed by atoms with Crippen molar-refractivity contribution in [1.29, 1.82) is 0 Å². The van der Waals surface area contributed by atoms with Crippen LogP contribution in [0.4, 0.5) is 0 Å². The molecule has 0 radical (unpaired) electrons. The molecule has 0 amide bonds. The summed E-state index contributed by atoms with van der Waals surface area (Å²) in [6.07, 6.45) is 1.84. The molecule has 0 unspecified atom stereocenters. The van der Waals surface area contributed by atoms with Gasteiger partial charge in [-0.1, -0.05) is 45.0 Å². The average molecular weight is 283 g/mol. The number of halogens is 1. The van der Waals surface area contributed by atoms with E-state index in [0.717, 1.165) is 12.8 Å². The molecule has 106 valence electrons. The Bertz CT molecular complexity index is 394. The monoisotopic (exact) mass is 282 g/mol. The third-order valence-electron chi connectivity index (χ3n) is 3.47. The summed E-state index contributed by atoms with van der Waals surface area (Å²) in [4.78, 5) is 0. The minimum atomic E-state index is -0.0916. The van der Waals surface area contributed by atoms with E-state index in [1.165, 1.54) is 11.1 Å². The number of aryl methyl sites for hydroxylation is 1. The van der Waals surface area contributed by atoms with E-state index in [-0.39, 0.29) is 17.8 Å². The van der Waals surface area contributed by atoms with Gasteiger partial charge in [-0.3, -0.25) is 0 Å². The maximum absolute atomic E-state index is 5.75. The molecule has 2 nitrogen and oxygen atoms in total. The van der Waals surface area contributed by atoms with Gasteiger partial charge in [0.2, 0.25) is 0 Å². The zero-order chi connectivity index (χ0) is 13.9. The van der Waals surface area contributed by atoms with Gasteiger partial charge in [-0.15, -0.1) is 11.6 Å². The van der Waals surface area contributed by atoms with Crippen LogP contribution in [-0.4, -0.2) is 24.9 Å². The molecule has 1 fully saturated rings. The lowest BCUT2D eigenvalue weighted by atomic mass is 9.86.